The highest BCUT2D eigenvalue weighted by Crippen LogP contribution is 2.51. The molecular formula is C86H74BN3S. The number of para-hydroxylation sites is 1. The molecular weight excluding hydrogens is 1120 g/mol. The van der Waals surface area contributed by atoms with E-state index in [1.54, 1.807) is 0 Å². The monoisotopic (exact) mass is 1190 g/mol. The van der Waals surface area contributed by atoms with E-state index in [-0.39, 0.29) is 28.4 Å². The van der Waals surface area contributed by atoms with Crippen LogP contribution in [0.2, 0.25) is 0 Å². The van der Waals surface area contributed by atoms with Gasteiger partial charge in [0.05, 0.1) is 11.0 Å². The van der Waals surface area contributed by atoms with Gasteiger partial charge in [-0.1, -0.05) is 223 Å². The standard InChI is InChI=1S/C86H74BN3S/c1-83(2,3)57-41-58(84(4,5)6)44-62(43-57)89-76-48-67-54(32-30-51-22-16-18-26-64(51)67)37-72(76)87-73-38-55-33-31-52-23-17-19-27-65(52)68(55)49-77(73)90(63-45-59(85(7,8)9)42-60(46-63)86(10,11)12)79-40-56(39-78(89)82(79)87)53-34-35-74-69(36-53)70-47-71-66-28-20-21-29-80(66)91-81(71)50-75(70)88(74)61-24-14-13-15-25-61/h13-50H,1-12H3. The van der Waals surface area contributed by atoms with Crippen molar-refractivity contribution in [1.29, 1.82) is 0 Å². The van der Waals surface area contributed by atoms with Crippen molar-refractivity contribution in [3.05, 3.63) is 253 Å². The van der Waals surface area contributed by atoms with Gasteiger partial charge in [0.1, 0.15) is 0 Å². The van der Waals surface area contributed by atoms with Crippen molar-refractivity contribution in [2.75, 3.05) is 9.80 Å². The molecule has 0 spiro atoms. The fourth-order valence-corrected chi connectivity index (χ4v) is 16.3. The molecule has 0 unspecified atom stereocenters. The molecule has 15 aromatic rings. The lowest BCUT2D eigenvalue weighted by atomic mass is 9.33. The second-order valence-electron chi connectivity index (χ2n) is 30.3. The number of rotatable bonds is 4. The van der Waals surface area contributed by atoms with E-state index in [2.05, 4.69) is 328 Å². The van der Waals surface area contributed by atoms with E-state index < -0.39 is 0 Å². The maximum atomic E-state index is 2.70. The third-order valence-corrected chi connectivity index (χ3v) is 21.4. The van der Waals surface area contributed by atoms with Gasteiger partial charge in [0.15, 0.2) is 0 Å². The lowest BCUT2D eigenvalue weighted by Gasteiger charge is -2.45. The van der Waals surface area contributed by atoms with E-state index >= 15 is 0 Å². The molecule has 2 aliphatic heterocycles. The van der Waals surface area contributed by atoms with Gasteiger partial charge in [-0.15, -0.1) is 11.3 Å². The van der Waals surface area contributed by atoms with Crippen LogP contribution in [0.5, 0.6) is 0 Å². The van der Waals surface area contributed by atoms with Gasteiger partial charge in [-0.25, -0.2) is 0 Å². The number of hydrogen-bond acceptors (Lipinski definition) is 3. The second-order valence-corrected chi connectivity index (χ2v) is 31.4. The maximum Gasteiger partial charge on any atom is 0.252 e. The number of benzene rings is 13. The minimum absolute atomic E-state index is 0.127. The van der Waals surface area contributed by atoms with Crippen LogP contribution in [0.3, 0.4) is 0 Å². The van der Waals surface area contributed by atoms with Crippen LogP contribution in [0.15, 0.2) is 231 Å². The van der Waals surface area contributed by atoms with Gasteiger partial charge in [0.2, 0.25) is 0 Å². The fraction of sp³-hybridized carbons (Fsp3) is 0.186. The van der Waals surface area contributed by atoms with Crippen LogP contribution in [0, 0.1) is 0 Å². The molecule has 91 heavy (non-hydrogen) atoms. The summed E-state index contributed by atoms with van der Waals surface area (Å²) in [5.74, 6) is 0. The lowest BCUT2D eigenvalue weighted by Crippen LogP contribution is -2.61. The first-order chi connectivity index (χ1) is 43.6. The Balaban J connectivity index is 1.04. The molecule has 17 rings (SSSR count). The molecule has 3 nitrogen and oxygen atoms in total. The van der Waals surface area contributed by atoms with E-state index in [9.17, 15) is 0 Å². The van der Waals surface area contributed by atoms with Crippen molar-refractivity contribution in [2.45, 2.75) is 105 Å². The molecule has 0 N–H and O–H groups in total. The minimum Gasteiger partial charge on any atom is -0.311 e. The zero-order chi connectivity index (χ0) is 62.4. The molecule has 0 fully saturated rings. The Morgan fingerprint density at radius 3 is 1.26 bits per heavy atom. The summed E-state index contributed by atoms with van der Waals surface area (Å²) in [5.41, 5.74) is 21.8. The number of thiophene rings is 1. The summed E-state index contributed by atoms with van der Waals surface area (Å²) in [7, 11) is 0. The SMILES string of the molecule is CC(C)(C)c1cc(N2c3cc4c(ccc5ccccc54)cc3B3c4cc5ccc6ccccc6c5cc4N(c4cc(C(C)(C)C)cc(C(C)(C)C)c4)c4cc(-c5ccc6c(c5)c5cc7c(cc5n6-c5ccccc5)sc5ccccc57)cc2c43)cc(C(C)(C)C)c1. The summed E-state index contributed by atoms with van der Waals surface area (Å²) in [6, 6.07) is 89.9. The third kappa shape index (κ3) is 8.74. The van der Waals surface area contributed by atoms with Gasteiger partial charge in [0.25, 0.3) is 6.71 Å². The lowest BCUT2D eigenvalue weighted by molar-refractivity contribution is 0.568. The Bertz CT molecular complexity index is 5310. The maximum absolute atomic E-state index is 2.70. The van der Waals surface area contributed by atoms with Crippen LogP contribution in [0.25, 0.3) is 102 Å². The Labute approximate surface area is 538 Å². The zero-order valence-corrected chi connectivity index (χ0v) is 55.1. The van der Waals surface area contributed by atoms with Crippen molar-refractivity contribution in [3.8, 4) is 16.8 Å². The first kappa shape index (κ1) is 55.6. The largest absolute Gasteiger partial charge is 0.311 e. The second kappa shape index (κ2) is 19.5. The molecule has 0 aliphatic carbocycles. The zero-order valence-electron chi connectivity index (χ0n) is 54.3. The Hall–Kier alpha value is -9.42. The summed E-state index contributed by atoms with van der Waals surface area (Å²) in [4.78, 5) is 5.39. The van der Waals surface area contributed by atoms with Crippen LogP contribution in [-0.4, -0.2) is 11.3 Å². The molecule has 0 atom stereocenters. The van der Waals surface area contributed by atoms with Gasteiger partial charge < -0.3 is 14.4 Å². The molecule has 442 valence electrons. The fourth-order valence-electron chi connectivity index (χ4n) is 15.2. The first-order valence-corrected chi connectivity index (χ1v) is 33.4. The minimum atomic E-state index is -0.128. The number of aromatic nitrogens is 1. The molecule has 2 aromatic heterocycles. The molecule has 5 heteroatoms. The summed E-state index contributed by atoms with van der Waals surface area (Å²) in [5, 5.41) is 15.1. The van der Waals surface area contributed by atoms with Crippen molar-refractivity contribution < 1.29 is 0 Å². The molecule has 0 bridgehead atoms. The topological polar surface area (TPSA) is 11.4 Å². The molecule has 13 aromatic carbocycles. The van der Waals surface area contributed by atoms with Crippen molar-refractivity contribution in [1.82, 2.24) is 4.57 Å². The number of anilines is 6. The molecule has 0 saturated heterocycles. The van der Waals surface area contributed by atoms with Crippen LogP contribution in [-0.2, 0) is 21.7 Å². The van der Waals surface area contributed by atoms with Gasteiger partial charge in [-0.2, -0.15) is 0 Å². The van der Waals surface area contributed by atoms with Crippen LogP contribution in [0.1, 0.15) is 105 Å². The average molecular weight is 1190 g/mol. The smallest absolute Gasteiger partial charge is 0.252 e. The van der Waals surface area contributed by atoms with Crippen LogP contribution < -0.4 is 26.2 Å². The Kier molecular flexibility index (Phi) is 12.0. The van der Waals surface area contributed by atoms with Crippen LogP contribution >= 0.6 is 11.3 Å². The van der Waals surface area contributed by atoms with E-state index in [0.717, 1.165) is 5.69 Å². The summed E-state index contributed by atoms with van der Waals surface area (Å²) in [6.45, 7) is 28.3. The molecule has 0 amide bonds. The average Bonchev–Trinajstić information content (AvgIpc) is 1.30. The van der Waals surface area contributed by atoms with Crippen molar-refractivity contribution >= 4 is 154 Å². The molecule has 2 aliphatic rings. The predicted octanol–water partition coefficient (Wildman–Crippen LogP) is 22.7. The van der Waals surface area contributed by atoms with Crippen LogP contribution in [0.4, 0.5) is 34.1 Å². The highest BCUT2D eigenvalue weighted by molar-refractivity contribution is 7.25. The predicted molar refractivity (Wildman–Crippen MR) is 398 cm³/mol. The first-order valence-electron chi connectivity index (χ1n) is 32.6. The van der Waals surface area contributed by atoms with Gasteiger partial charge >= 0.3 is 0 Å². The normalized spacial score (nSPS) is 13.6. The van der Waals surface area contributed by atoms with Crippen molar-refractivity contribution in [3.63, 3.8) is 0 Å². The van der Waals surface area contributed by atoms with E-state index in [1.807, 2.05) is 11.3 Å². The Morgan fingerprint density at radius 1 is 0.286 bits per heavy atom. The summed E-state index contributed by atoms with van der Waals surface area (Å²) >= 11 is 1.89. The highest BCUT2D eigenvalue weighted by atomic mass is 32.1. The van der Waals surface area contributed by atoms with E-state index in [4.69, 9.17) is 0 Å². The number of hydrogen-bond donors (Lipinski definition) is 0. The number of nitrogens with zero attached hydrogens (tertiary/aromatic N) is 3. The highest BCUT2D eigenvalue weighted by Gasteiger charge is 2.45. The Morgan fingerprint density at radius 2 is 0.747 bits per heavy atom. The molecule has 0 saturated carbocycles. The van der Waals surface area contributed by atoms with E-state index in [0.29, 0.717) is 0 Å². The van der Waals surface area contributed by atoms with Gasteiger partial charge in [-0.05, 0) is 206 Å². The number of fused-ring (bicyclic) bond motifs is 16. The van der Waals surface area contributed by atoms with Gasteiger partial charge in [0, 0.05) is 70.8 Å². The van der Waals surface area contributed by atoms with Crippen molar-refractivity contribution in [2.24, 2.45) is 0 Å². The van der Waals surface area contributed by atoms with Gasteiger partial charge in [-0.3, -0.25) is 0 Å². The quantitative estimate of drug-likeness (QED) is 0.129. The molecule has 4 heterocycles. The van der Waals surface area contributed by atoms with E-state index in [1.165, 1.54) is 169 Å². The molecule has 0 radical (unpaired) electrons. The summed E-state index contributed by atoms with van der Waals surface area (Å²) in [6.07, 6.45) is 0. The summed E-state index contributed by atoms with van der Waals surface area (Å²) < 4.78 is 5.10. The third-order valence-electron chi connectivity index (χ3n) is 20.2.